The van der Waals surface area contributed by atoms with Crippen molar-refractivity contribution in [2.45, 2.75) is 77.6 Å². The molecule has 4 nitrogen and oxygen atoms in total. The van der Waals surface area contributed by atoms with Crippen molar-refractivity contribution >= 4 is 23.2 Å². The molecule has 0 fully saturated rings. The number of rotatable bonds is 15. The van der Waals surface area contributed by atoms with Crippen LogP contribution in [0.5, 0.6) is 0 Å². The lowest BCUT2D eigenvalue weighted by Gasteiger charge is -2.08. The molecule has 0 saturated carbocycles. The van der Waals surface area contributed by atoms with E-state index in [1.54, 1.807) is 24.3 Å². The molecule has 172 valence electrons. The Bertz CT molecular complexity index is 843. The summed E-state index contributed by atoms with van der Waals surface area (Å²) in [5, 5.41) is 5.58. The minimum absolute atomic E-state index is 0.206. The highest BCUT2D eigenvalue weighted by molar-refractivity contribution is 6.06. The van der Waals surface area contributed by atoms with Crippen LogP contribution >= 0.6 is 0 Å². The average molecular weight is 435 g/mol. The maximum atomic E-state index is 12.5. The van der Waals surface area contributed by atoms with Gasteiger partial charge in [0.1, 0.15) is 0 Å². The van der Waals surface area contributed by atoms with Gasteiger partial charge in [0.2, 0.25) is 5.91 Å². The van der Waals surface area contributed by atoms with Crippen LogP contribution in [0.15, 0.2) is 61.2 Å². The Hall–Kier alpha value is -2.88. The molecule has 2 rings (SSSR count). The minimum Gasteiger partial charge on any atom is -0.323 e. The molecule has 0 aromatic heterocycles. The molecule has 0 unspecified atom stereocenters. The Kier molecular flexibility index (Phi) is 11.9. The summed E-state index contributed by atoms with van der Waals surface area (Å²) in [7, 11) is 0. The van der Waals surface area contributed by atoms with Gasteiger partial charge in [0.15, 0.2) is 0 Å². The fourth-order valence-corrected chi connectivity index (χ4v) is 3.71. The summed E-state index contributed by atoms with van der Waals surface area (Å²) < 4.78 is 0. The van der Waals surface area contributed by atoms with E-state index in [4.69, 9.17) is 0 Å². The number of carbonyl (C=O) groups excluding carboxylic acids is 2. The number of benzene rings is 2. The van der Waals surface area contributed by atoms with Gasteiger partial charge in [-0.3, -0.25) is 9.59 Å². The normalized spacial score (nSPS) is 10.5. The molecular formula is C28H38N2O2. The predicted octanol–water partition coefficient (Wildman–Crippen LogP) is 7.53. The molecule has 0 aliphatic heterocycles. The van der Waals surface area contributed by atoms with E-state index in [0.29, 0.717) is 11.3 Å². The molecule has 2 aromatic carbocycles. The third-order valence-electron chi connectivity index (χ3n) is 5.61. The second kappa shape index (κ2) is 15.0. The molecule has 0 aliphatic rings. The Balaban J connectivity index is 1.68. The topological polar surface area (TPSA) is 58.2 Å². The van der Waals surface area contributed by atoms with Crippen LogP contribution in [0, 0.1) is 0 Å². The summed E-state index contributed by atoms with van der Waals surface area (Å²) in [6, 6.07) is 14.9. The maximum Gasteiger partial charge on any atom is 0.255 e. The fraction of sp³-hybridized carbons (Fsp3) is 0.429. The molecule has 0 atom stereocenters. The number of unbranched alkanes of at least 4 members (excludes halogenated alkanes) is 9. The van der Waals surface area contributed by atoms with Gasteiger partial charge < -0.3 is 10.6 Å². The van der Waals surface area contributed by atoms with E-state index < -0.39 is 0 Å². The SMILES string of the molecule is C=CC(=O)Nc1cccc(C(=O)Nc2ccc(CCCCCCCCCCCC)cc2)c1. The van der Waals surface area contributed by atoms with Crippen LogP contribution in [-0.2, 0) is 11.2 Å². The van der Waals surface area contributed by atoms with Crippen molar-refractivity contribution in [2.24, 2.45) is 0 Å². The Morgan fingerprint density at radius 3 is 2.03 bits per heavy atom. The maximum absolute atomic E-state index is 12.5. The quantitative estimate of drug-likeness (QED) is 0.225. The van der Waals surface area contributed by atoms with Gasteiger partial charge in [-0.15, -0.1) is 0 Å². The monoisotopic (exact) mass is 434 g/mol. The summed E-state index contributed by atoms with van der Waals surface area (Å²) in [5.74, 6) is -0.511. The summed E-state index contributed by atoms with van der Waals surface area (Å²) in [6.45, 7) is 5.69. The molecule has 2 aromatic rings. The first kappa shape index (κ1) is 25.4. The van der Waals surface area contributed by atoms with E-state index in [1.165, 1.54) is 75.8 Å². The third-order valence-corrected chi connectivity index (χ3v) is 5.61. The average Bonchev–Trinajstić information content (AvgIpc) is 2.81. The molecule has 0 spiro atoms. The van der Waals surface area contributed by atoms with Crippen molar-refractivity contribution in [3.63, 3.8) is 0 Å². The first-order valence-corrected chi connectivity index (χ1v) is 12.1. The molecule has 0 saturated heterocycles. The van der Waals surface area contributed by atoms with Crippen molar-refractivity contribution < 1.29 is 9.59 Å². The fourth-order valence-electron chi connectivity index (χ4n) is 3.71. The molecule has 2 amide bonds. The number of hydrogen-bond donors (Lipinski definition) is 2. The van der Waals surface area contributed by atoms with Gasteiger partial charge in [-0.05, 0) is 54.8 Å². The van der Waals surface area contributed by atoms with Gasteiger partial charge in [0, 0.05) is 16.9 Å². The largest absolute Gasteiger partial charge is 0.323 e. The lowest BCUT2D eigenvalue weighted by molar-refractivity contribution is -0.111. The van der Waals surface area contributed by atoms with Crippen LogP contribution in [0.25, 0.3) is 0 Å². The molecule has 0 heterocycles. The molecule has 32 heavy (non-hydrogen) atoms. The lowest BCUT2D eigenvalue weighted by Crippen LogP contribution is -2.13. The van der Waals surface area contributed by atoms with E-state index in [1.807, 2.05) is 12.1 Å². The van der Waals surface area contributed by atoms with Crippen LogP contribution in [0.4, 0.5) is 11.4 Å². The first-order valence-electron chi connectivity index (χ1n) is 12.1. The van der Waals surface area contributed by atoms with Gasteiger partial charge in [-0.2, -0.15) is 0 Å². The van der Waals surface area contributed by atoms with Crippen molar-refractivity contribution in [1.29, 1.82) is 0 Å². The van der Waals surface area contributed by atoms with E-state index in [2.05, 4.69) is 36.3 Å². The van der Waals surface area contributed by atoms with Crippen molar-refractivity contribution in [3.8, 4) is 0 Å². The van der Waals surface area contributed by atoms with Gasteiger partial charge in [-0.25, -0.2) is 0 Å². The number of hydrogen-bond acceptors (Lipinski definition) is 2. The van der Waals surface area contributed by atoms with Crippen molar-refractivity contribution in [2.75, 3.05) is 10.6 Å². The van der Waals surface area contributed by atoms with Crippen LogP contribution in [0.1, 0.15) is 87.1 Å². The Morgan fingerprint density at radius 2 is 1.41 bits per heavy atom. The number of amides is 2. The standard InChI is InChI=1S/C28H38N2O2/c1-3-5-6-7-8-9-10-11-12-13-15-23-18-20-25(21-19-23)30-28(32)24-16-14-17-26(22-24)29-27(31)4-2/h4,14,16-22H,2-3,5-13,15H2,1H3,(H,29,31)(H,30,32). The van der Waals surface area contributed by atoms with Gasteiger partial charge in [-0.1, -0.05) is 89.5 Å². The van der Waals surface area contributed by atoms with E-state index in [-0.39, 0.29) is 11.8 Å². The van der Waals surface area contributed by atoms with Crippen molar-refractivity contribution in [1.82, 2.24) is 0 Å². The number of aryl methyl sites for hydroxylation is 1. The van der Waals surface area contributed by atoms with Crippen LogP contribution in [-0.4, -0.2) is 11.8 Å². The molecule has 0 bridgehead atoms. The molecule has 0 radical (unpaired) electrons. The predicted molar refractivity (Wildman–Crippen MR) is 135 cm³/mol. The highest BCUT2D eigenvalue weighted by Crippen LogP contribution is 2.17. The summed E-state index contributed by atoms with van der Waals surface area (Å²) >= 11 is 0. The third kappa shape index (κ3) is 9.95. The van der Waals surface area contributed by atoms with E-state index >= 15 is 0 Å². The van der Waals surface area contributed by atoms with Gasteiger partial charge in [0.05, 0.1) is 0 Å². The van der Waals surface area contributed by atoms with Crippen LogP contribution in [0.2, 0.25) is 0 Å². The minimum atomic E-state index is -0.305. The first-order chi connectivity index (χ1) is 15.6. The van der Waals surface area contributed by atoms with Crippen molar-refractivity contribution in [3.05, 3.63) is 72.3 Å². The number of nitrogens with one attached hydrogen (secondary N) is 2. The van der Waals surface area contributed by atoms with Crippen LogP contribution < -0.4 is 10.6 Å². The zero-order chi connectivity index (χ0) is 23.0. The lowest BCUT2D eigenvalue weighted by atomic mass is 10.0. The van der Waals surface area contributed by atoms with Gasteiger partial charge in [0.25, 0.3) is 5.91 Å². The highest BCUT2D eigenvalue weighted by Gasteiger charge is 2.08. The summed E-state index contributed by atoms with van der Waals surface area (Å²) in [4.78, 5) is 24.0. The molecule has 4 heteroatoms. The molecule has 0 aliphatic carbocycles. The second-order valence-corrected chi connectivity index (χ2v) is 8.36. The molecular weight excluding hydrogens is 396 g/mol. The smallest absolute Gasteiger partial charge is 0.255 e. The number of carbonyl (C=O) groups is 2. The van der Waals surface area contributed by atoms with E-state index in [9.17, 15) is 9.59 Å². The number of anilines is 2. The van der Waals surface area contributed by atoms with Gasteiger partial charge >= 0.3 is 0 Å². The highest BCUT2D eigenvalue weighted by atomic mass is 16.2. The second-order valence-electron chi connectivity index (χ2n) is 8.36. The van der Waals surface area contributed by atoms with E-state index in [0.717, 1.165) is 12.1 Å². The Morgan fingerprint density at radius 1 is 0.781 bits per heavy atom. The zero-order valence-corrected chi connectivity index (χ0v) is 19.5. The van der Waals surface area contributed by atoms with Crippen LogP contribution in [0.3, 0.4) is 0 Å². The Labute approximate surface area is 193 Å². The molecule has 2 N–H and O–H groups in total. The zero-order valence-electron chi connectivity index (χ0n) is 19.5. The summed E-state index contributed by atoms with van der Waals surface area (Å²) in [6.07, 6.45) is 15.7. The summed E-state index contributed by atoms with van der Waals surface area (Å²) in [5.41, 5.74) is 3.12.